The van der Waals surface area contributed by atoms with Crippen molar-refractivity contribution in [1.82, 2.24) is 0 Å². The van der Waals surface area contributed by atoms with Crippen molar-refractivity contribution in [2.24, 2.45) is 0 Å². The summed E-state index contributed by atoms with van der Waals surface area (Å²) < 4.78 is 4.50. The van der Waals surface area contributed by atoms with Crippen molar-refractivity contribution in [3.05, 3.63) is 34.4 Å². The highest BCUT2D eigenvalue weighted by Gasteiger charge is 1.90. The van der Waals surface area contributed by atoms with Gasteiger partial charge in [0.05, 0.1) is 18.8 Å². The number of nitrogens with zero attached hydrogens (tertiary/aromatic N) is 1. The number of hydrogen-bond acceptors (Lipinski definition) is 3. The minimum absolute atomic E-state index is 0.282. The van der Waals surface area contributed by atoms with Crippen molar-refractivity contribution < 1.29 is 4.42 Å². The molecule has 1 aromatic heterocycles. The summed E-state index contributed by atoms with van der Waals surface area (Å²) in [6, 6.07) is 4.82. The van der Waals surface area contributed by atoms with Crippen LogP contribution in [0.5, 0.6) is 0 Å². The highest BCUT2D eigenvalue weighted by molar-refractivity contribution is 5.10. The lowest BCUT2D eigenvalue weighted by molar-refractivity contribution is 0.505. The third-order valence-corrected chi connectivity index (χ3v) is 1.04. The molecule has 0 atom stereocenters. The zero-order valence-electron chi connectivity index (χ0n) is 5.20. The predicted octanol–water partition coefficient (Wildman–Crippen LogP) is 0.706. The molecule has 3 nitrogen and oxygen atoms in total. The van der Waals surface area contributed by atoms with Gasteiger partial charge in [0.15, 0.2) is 0 Å². The molecule has 0 bridgehead atoms. The van der Waals surface area contributed by atoms with Gasteiger partial charge in [0, 0.05) is 11.6 Å². The van der Waals surface area contributed by atoms with Crippen LogP contribution in [0.1, 0.15) is 5.56 Å². The van der Waals surface area contributed by atoms with Gasteiger partial charge < -0.3 is 4.42 Å². The maximum absolute atomic E-state index is 10.4. The maximum atomic E-state index is 10.4. The van der Waals surface area contributed by atoms with Crippen LogP contribution in [0.25, 0.3) is 0 Å². The van der Waals surface area contributed by atoms with Crippen molar-refractivity contribution in [3.63, 3.8) is 0 Å². The Morgan fingerprint density at radius 3 is 2.90 bits per heavy atom. The highest BCUT2D eigenvalue weighted by Crippen LogP contribution is 1.93. The van der Waals surface area contributed by atoms with Crippen LogP contribution in [-0.4, -0.2) is 0 Å². The Morgan fingerprint density at radius 1 is 1.60 bits per heavy atom. The second-order valence-electron chi connectivity index (χ2n) is 1.80. The summed E-state index contributed by atoms with van der Waals surface area (Å²) in [6.45, 7) is 0. The molecule has 1 rings (SSSR count). The van der Waals surface area contributed by atoms with E-state index >= 15 is 0 Å². The van der Waals surface area contributed by atoms with E-state index in [1.807, 2.05) is 6.07 Å². The summed E-state index contributed by atoms with van der Waals surface area (Å²) >= 11 is 0. The van der Waals surface area contributed by atoms with Crippen molar-refractivity contribution >= 4 is 0 Å². The van der Waals surface area contributed by atoms with E-state index in [1.54, 1.807) is 6.07 Å². The summed E-state index contributed by atoms with van der Waals surface area (Å²) in [4.78, 5) is 10.4. The van der Waals surface area contributed by atoms with Crippen LogP contribution in [0.3, 0.4) is 0 Å². The predicted molar refractivity (Wildman–Crippen MR) is 34.3 cm³/mol. The lowest BCUT2D eigenvalue weighted by atomic mass is 10.2. The SMILES string of the molecule is N#CCc1ccc(=O)oc1. The Bertz CT molecular complexity index is 288. The molecule has 0 aliphatic heterocycles. The lowest BCUT2D eigenvalue weighted by Gasteiger charge is -1.87. The lowest BCUT2D eigenvalue weighted by Crippen LogP contribution is -1.94. The average molecular weight is 135 g/mol. The second-order valence-corrected chi connectivity index (χ2v) is 1.80. The third-order valence-electron chi connectivity index (χ3n) is 1.04. The van der Waals surface area contributed by atoms with Gasteiger partial charge in [-0.15, -0.1) is 0 Å². The van der Waals surface area contributed by atoms with Gasteiger partial charge in [0.2, 0.25) is 0 Å². The molecule has 0 saturated carbocycles. The van der Waals surface area contributed by atoms with Gasteiger partial charge in [-0.1, -0.05) is 0 Å². The van der Waals surface area contributed by atoms with Crippen LogP contribution in [-0.2, 0) is 6.42 Å². The Hall–Kier alpha value is -1.56. The zero-order chi connectivity index (χ0) is 7.40. The normalized spacial score (nSPS) is 8.70. The fourth-order valence-corrected chi connectivity index (χ4v) is 0.579. The van der Waals surface area contributed by atoms with Crippen LogP contribution in [0.2, 0.25) is 0 Å². The van der Waals surface area contributed by atoms with Gasteiger partial charge in [-0.2, -0.15) is 5.26 Å². The molecule has 0 saturated heterocycles. The molecule has 0 aromatic carbocycles. The van der Waals surface area contributed by atoms with Crippen molar-refractivity contribution in [2.45, 2.75) is 6.42 Å². The van der Waals surface area contributed by atoms with Crippen molar-refractivity contribution in [3.8, 4) is 6.07 Å². The molecule has 0 spiro atoms. The van der Waals surface area contributed by atoms with E-state index in [4.69, 9.17) is 5.26 Å². The molecule has 0 aliphatic rings. The molecule has 0 amide bonds. The van der Waals surface area contributed by atoms with Gasteiger partial charge in [0.1, 0.15) is 0 Å². The first-order chi connectivity index (χ1) is 4.83. The Labute approximate surface area is 57.5 Å². The van der Waals surface area contributed by atoms with E-state index in [-0.39, 0.29) is 12.0 Å². The molecular formula is C7H5NO2. The van der Waals surface area contributed by atoms with E-state index < -0.39 is 0 Å². The number of nitriles is 1. The minimum atomic E-state index is -0.387. The largest absolute Gasteiger partial charge is 0.431 e. The molecular weight excluding hydrogens is 130 g/mol. The smallest absolute Gasteiger partial charge is 0.335 e. The Morgan fingerprint density at radius 2 is 2.40 bits per heavy atom. The van der Waals surface area contributed by atoms with Crippen molar-refractivity contribution in [2.75, 3.05) is 0 Å². The van der Waals surface area contributed by atoms with E-state index in [0.29, 0.717) is 0 Å². The van der Waals surface area contributed by atoms with Crippen LogP contribution >= 0.6 is 0 Å². The fourth-order valence-electron chi connectivity index (χ4n) is 0.579. The van der Waals surface area contributed by atoms with Gasteiger partial charge in [-0.05, 0) is 6.07 Å². The average Bonchev–Trinajstić information content (AvgIpc) is 1.95. The first-order valence-electron chi connectivity index (χ1n) is 2.77. The second kappa shape index (κ2) is 2.83. The Kier molecular flexibility index (Phi) is 1.86. The molecule has 10 heavy (non-hydrogen) atoms. The molecule has 0 radical (unpaired) electrons. The van der Waals surface area contributed by atoms with E-state index in [0.717, 1.165) is 5.56 Å². The monoisotopic (exact) mass is 135 g/mol. The van der Waals surface area contributed by atoms with E-state index in [9.17, 15) is 4.79 Å². The standard InChI is InChI=1S/C7H5NO2/c8-4-3-6-1-2-7(9)10-5-6/h1-2,5H,3H2. The molecule has 50 valence electrons. The molecule has 0 unspecified atom stereocenters. The third kappa shape index (κ3) is 1.46. The van der Waals surface area contributed by atoms with E-state index in [2.05, 4.69) is 4.42 Å². The first-order valence-corrected chi connectivity index (χ1v) is 2.77. The quantitative estimate of drug-likeness (QED) is 0.569. The number of hydrogen-bond donors (Lipinski definition) is 0. The van der Waals surface area contributed by atoms with Gasteiger partial charge in [-0.3, -0.25) is 0 Å². The van der Waals surface area contributed by atoms with Crippen LogP contribution < -0.4 is 5.63 Å². The zero-order valence-corrected chi connectivity index (χ0v) is 5.20. The molecule has 1 heterocycles. The highest BCUT2D eigenvalue weighted by atomic mass is 16.4. The van der Waals surface area contributed by atoms with E-state index in [1.165, 1.54) is 12.3 Å². The molecule has 0 fully saturated rings. The van der Waals surface area contributed by atoms with Crippen LogP contribution in [0.4, 0.5) is 0 Å². The summed E-state index contributed by atoms with van der Waals surface area (Å²) in [5.74, 6) is 0. The number of rotatable bonds is 1. The topological polar surface area (TPSA) is 54.0 Å². The summed E-state index contributed by atoms with van der Waals surface area (Å²) in [6.07, 6.45) is 1.58. The van der Waals surface area contributed by atoms with Gasteiger partial charge in [-0.25, -0.2) is 4.79 Å². The molecule has 3 heteroatoms. The van der Waals surface area contributed by atoms with Crippen LogP contribution in [0.15, 0.2) is 27.6 Å². The molecule has 1 aromatic rings. The first kappa shape index (κ1) is 6.56. The summed E-state index contributed by atoms with van der Waals surface area (Å²) in [7, 11) is 0. The van der Waals surface area contributed by atoms with Gasteiger partial charge >= 0.3 is 5.63 Å². The van der Waals surface area contributed by atoms with Crippen molar-refractivity contribution in [1.29, 1.82) is 5.26 Å². The summed E-state index contributed by atoms with van der Waals surface area (Å²) in [5, 5.41) is 8.22. The molecule has 0 aliphatic carbocycles. The minimum Gasteiger partial charge on any atom is -0.431 e. The molecule has 0 N–H and O–H groups in total. The van der Waals surface area contributed by atoms with Gasteiger partial charge in [0.25, 0.3) is 0 Å². The maximum Gasteiger partial charge on any atom is 0.335 e. The fraction of sp³-hybridized carbons (Fsp3) is 0.143. The summed E-state index contributed by atoms with van der Waals surface area (Å²) in [5.41, 5.74) is 0.337. The van der Waals surface area contributed by atoms with Crippen LogP contribution in [0, 0.1) is 11.3 Å². The Balaban J connectivity index is 2.92.